The molecule has 1 amide bonds. The van der Waals surface area contributed by atoms with Crippen LogP contribution >= 0.6 is 0 Å². The third-order valence-corrected chi connectivity index (χ3v) is 7.23. The maximum atomic E-state index is 12.4. The van der Waals surface area contributed by atoms with Crippen molar-refractivity contribution in [3.05, 3.63) is 76.1 Å². The van der Waals surface area contributed by atoms with E-state index in [0.717, 1.165) is 30.6 Å². The Morgan fingerprint density at radius 1 is 1.00 bits per heavy atom. The van der Waals surface area contributed by atoms with E-state index in [9.17, 15) is 9.59 Å². The minimum absolute atomic E-state index is 0.291. The Labute approximate surface area is 205 Å². The van der Waals surface area contributed by atoms with Crippen LogP contribution in [0.3, 0.4) is 0 Å². The number of fused-ring (bicyclic) bond motifs is 1. The molecule has 184 valence electrons. The van der Waals surface area contributed by atoms with Crippen LogP contribution in [-0.4, -0.2) is 47.7 Å². The van der Waals surface area contributed by atoms with Crippen molar-refractivity contribution < 1.29 is 13.9 Å². The number of hydrogen-bond acceptors (Lipinski definition) is 6. The number of carbonyl (C=O) groups excluding carboxylic acids is 1. The number of ether oxygens (including phenoxy) is 1. The summed E-state index contributed by atoms with van der Waals surface area (Å²) in [7, 11) is 0. The highest BCUT2D eigenvalue weighted by Crippen LogP contribution is 2.33. The number of hydrogen-bond donors (Lipinski definition) is 1. The van der Waals surface area contributed by atoms with Crippen LogP contribution in [0.25, 0.3) is 11.0 Å². The molecule has 1 N–H and O–H groups in total. The van der Waals surface area contributed by atoms with E-state index in [1.54, 1.807) is 19.1 Å². The van der Waals surface area contributed by atoms with E-state index in [0.29, 0.717) is 36.5 Å². The molecular formula is C28H33N3O4. The van der Waals surface area contributed by atoms with Gasteiger partial charge < -0.3 is 9.15 Å². The van der Waals surface area contributed by atoms with Crippen LogP contribution < -0.4 is 10.9 Å². The van der Waals surface area contributed by atoms with Gasteiger partial charge in [0.25, 0.3) is 0 Å². The highest BCUT2D eigenvalue weighted by Gasteiger charge is 2.37. The Balaban J connectivity index is 1.35. The van der Waals surface area contributed by atoms with Crippen LogP contribution in [0.1, 0.15) is 43.7 Å². The summed E-state index contributed by atoms with van der Waals surface area (Å²) in [6.07, 6.45) is 4.28. The van der Waals surface area contributed by atoms with Crippen LogP contribution in [0.4, 0.5) is 10.5 Å². The van der Waals surface area contributed by atoms with Gasteiger partial charge >= 0.3 is 11.7 Å². The molecule has 7 heteroatoms. The molecule has 1 aromatic heterocycles. The van der Waals surface area contributed by atoms with Crippen LogP contribution in [-0.2, 0) is 17.8 Å². The number of rotatable bonds is 7. The zero-order valence-electron chi connectivity index (χ0n) is 20.2. The van der Waals surface area contributed by atoms with Crippen molar-refractivity contribution in [1.82, 2.24) is 9.80 Å². The number of nitrogens with zero attached hydrogens (tertiary/aromatic N) is 2. The molecule has 0 aliphatic carbocycles. The van der Waals surface area contributed by atoms with Gasteiger partial charge in [-0.05, 0) is 69.0 Å². The Kier molecular flexibility index (Phi) is 7.16. The number of anilines is 1. The number of likely N-dealkylation sites (tertiary alicyclic amines) is 2. The molecule has 0 saturated carbocycles. The van der Waals surface area contributed by atoms with E-state index >= 15 is 0 Å². The van der Waals surface area contributed by atoms with Crippen molar-refractivity contribution >= 4 is 22.7 Å². The topological polar surface area (TPSA) is 75.0 Å². The van der Waals surface area contributed by atoms with E-state index in [-0.39, 0.29) is 5.63 Å². The van der Waals surface area contributed by atoms with Crippen molar-refractivity contribution in [1.29, 1.82) is 0 Å². The van der Waals surface area contributed by atoms with Crippen molar-refractivity contribution in [3.8, 4) is 0 Å². The average Bonchev–Trinajstić information content (AvgIpc) is 3.48. The van der Waals surface area contributed by atoms with E-state index < -0.39 is 6.09 Å². The monoisotopic (exact) mass is 475 g/mol. The molecule has 2 unspecified atom stereocenters. The molecule has 0 spiro atoms. The third kappa shape index (κ3) is 5.41. The molecule has 2 aromatic carbocycles. The van der Waals surface area contributed by atoms with Gasteiger partial charge in [0, 0.05) is 48.4 Å². The second-order valence-electron chi connectivity index (χ2n) is 9.49. The smallest absolute Gasteiger partial charge is 0.411 e. The van der Waals surface area contributed by atoms with E-state index in [1.165, 1.54) is 31.2 Å². The lowest BCUT2D eigenvalue weighted by Crippen LogP contribution is -2.45. The number of nitrogens with one attached hydrogen (secondary N) is 1. The summed E-state index contributed by atoms with van der Waals surface area (Å²) >= 11 is 0. The summed E-state index contributed by atoms with van der Waals surface area (Å²) in [6, 6.07) is 18.8. The Morgan fingerprint density at radius 2 is 1.71 bits per heavy atom. The molecule has 35 heavy (non-hydrogen) atoms. The fraction of sp³-hybridized carbons (Fsp3) is 0.429. The first-order valence-electron chi connectivity index (χ1n) is 12.6. The van der Waals surface area contributed by atoms with E-state index in [2.05, 4.69) is 45.4 Å². The molecule has 7 nitrogen and oxygen atoms in total. The van der Waals surface area contributed by atoms with Crippen LogP contribution in [0.15, 0.2) is 63.8 Å². The summed E-state index contributed by atoms with van der Waals surface area (Å²) < 4.78 is 10.4. The highest BCUT2D eigenvalue weighted by atomic mass is 16.5. The number of amides is 1. The summed E-state index contributed by atoms with van der Waals surface area (Å²) in [5.41, 5.74) is 2.98. The minimum Gasteiger partial charge on any atom is -0.450 e. The predicted molar refractivity (Wildman–Crippen MR) is 136 cm³/mol. The van der Waals surface area contributed by atoms with E-state index in [1.807, 2.05) is 12.1 Å². The lowest BCUT2D eigenvalue weighted by molar-refractivity contribution is 0.124. The van der Waals surface area contributed by atoms with Crippen molar-refractivity contribution in [2.24, 2.45) is 0 Å². The Bertz CT molecular complexity index is 1230. The largest absolute Gasteiger partial charge is 0.450 e. The Morgan fingerprint density at radius 3 is 2.43 bits per heavy atom. The molecular weight excluding hydrogens is 442 g/mol. The van der Waals surface area contributed by atoms with Gasteiger partial charge in [-0.2, -0.15) is 0 Å². The minimum atomic E-state index is -0.526. The number of benzene rings is 2. The quantitative estimate of drug-likeness (QED) is 0.485. The summed E-state index contributed by atoms with van der Waals surface area (Å²) in [4.78, 5) is 29.4. The normalized spacial score (nSPS) is 20.9. The molecule has 2 saturated heterocycles. The fourth-order valence-corrected chi connectivity index (χ4v) is 5.73. The first-order chi connectivity index (χ1) is 17.1. The summed E-state index contributed by atoms with van der Waals surface area (Å²) in [5, 5.41) is 3.58. The average molecular weight is 476 g/mol. The molecule has 2 aliphatic heterocycles. The summed E-state index contributed by atoms with van der Waals surface area (Å²) in [5.74, 6) is 0. The SMILES string of the molecule is CCOC(=O)Nc1ccc2c(CN3CCCC3C3CCCN3Cc3ccccc3)cc(=O)oc2c1. The molecule has 3 heterocycles. The molecule has 2 aliphatic rings. The Hall–Kier alpha value is -3.16. The third-order valence-electron chi connectivity index (χ3n) is 7.23. The molecule has 2 fully saturated rings. The van der Waals surface area contributed by atoms with Crippen molar-refractivity contribution in [3.63, 3.8) is 0 Å². The van der Waals surface area contributed by atoms with Gasteiger partial charge in [-0.1, -0.05) is 30.3 Å². The zero-order valence-corrected chi connectivity index (χ0v) is 20.2. The molecule has 0 radical (unpaired) electrons. The van der Waals surface area contributed by atoms with Gasteiger partial charge in [0.05, 0.1) is 6.61 Å². The van der Waals surface area contributed by atoms with E-state index in [4.69, 9.17) is 9.15 Å². The number of carbonyl (C=O) groups is 1. The predicted octanol–water partition coefficient (Wildman–Crippen LogP) is 4.99. The molecule has 0 bridgehead atoms. The molecule has 5 rings (SSSR count). The van der Waals surface area contributed by atoms with Crippen molar-refractivity contribution in [2.75, 3.05) is 25.0 Å². The second-order valence-corrected chi connectivity index (χ2v) is 9.49. The highest BCUT2D eigenvalue weighted by molar-refractivity contribution is 5.89. The standard InChI is InChI=1S/C28H33N3O4/c1-2-34-28(33)29-22-12-13-23-21(16-27(32)35-26(23)17-22)19-31-15-7-11-25(31)24-10-6-14-30(24)18-20-8-4-3-5-9-20/h3-5,8-9,12-13,16-17,24-25H,2,6-7,10-11,14-15,18-19H2,1H3,(H,29,33). The van der Waals surface area contributed by atoms with Crippen LogP contribution in [0.5, 0.6) is 0 Å². The van der Waals surface area contributed by atoms with Gasteiger partial charge in [0.2, 0.25) is 0 Å². The first-order valence-corrected chi connectivity index (χ1v) is 12.6. The zero-order chi connectivity index (χ0) is 24.2. The lowest BCUT2D eigenvalue weighted by Gasteiger charge is -2.35. The van der Waals surface area contributed by atoms with Gasteiger partial charge in [-0.3, -0.25) is 15.1 Å². The first kappa shape index (κ1) is 23.6. The molecule has 3 aromatic rings. The van der Waals surface area contributed by atoms with Gasteiger partial charge in [0.15, 0.2) is 0 Å². The maximum absolute atomic E-state index is 12.4. The fourth-order valence-electron chi connectivity index (χ4n) is 5.73. The van der Waals surface area contributed by atoms with Gasteiger partial charge in [-0.15, -0.1) is 0 Å². The maximum Gasteiger partial charge on any atom is 0.411 e. The van der Waals surface area contributed by atoms with Gasteiger partial charge in [0.1, 0.15) is 5.58 Å². The van der Waals surface area contributed by atoms with Gasteiger partial charge in [-0.25, -0.2) is 9.59 Å². The van der Waals surface area contributed by atoms with Crippen molar-refractivity contribution in [2.45, 2.75) is 57.8 Å². The lowest BCUT2D eigenvalue weighted by atomic mass is 10.0. The second kappa shape index (κ2) is 10.6. The van der Waals surface area contributed by atoms with Crippen LogP contribution in [0.2, 0.25) is 0 Å². The summed E-state index contributed by atoms with van der Waals surface area (Å²) in [6.45, 7) is 5.92. The van der Waals surface area contributed by atoms with Crippen LogP contribution in [0, 0.1) is 0 Å². The molecule has 2 atom stereocenters.